The fourth-order valence-corrected chi connectivity index (χ4v) is 3.86. The smallest absolute Gasteiger partial charge is 0.227 e. The predicted octanol–water partition coefficient (Wildman–Crippen LogP) is 4.06. The Balaban J connectivity index is 1.57. The zero-order chi connectivity index (χ0) is 20.4. The molecule has 1 saturated heterocycles. The predicted molar refractivity (Wildman–Crippen MR) is 111 cm³/mol. The Hall–Kier alpha value is -3.22. The van der Waals surface area contributed by atoms with Crippen molar-refractivity contribution in [1.29, 1.82) is 0 Å². The second-order valence-corrected chi connectivity index (χ2v) is 7.75. The van der Waals surface area contributed by atoms with Gasteiger partial charge >= 0.3 is 0 Å². The lowest BCUT2D eigenvalue weighted by Gasteiger charge is -2.31. The van der Waals surface area contributed by atoms with Gasteiger partial charge in [-0.25, -0.2) is 15.0 Å². The molecule has 0 saturated carbocycles. The molecular weight excluding hydrogens is 366 g/mol. The number of oxazole rings is 1. The molecule has 1 amide bonds. The Labute approximate surface area is 170 Å². The number of nitrogens with zero attached hydrogens (tertiary/aromatic N) is 3. The summed E-state index contributed by atoms with van der Waals surface area (Å²) in [6.07, 6.45) is 4.30. The van der Waals surface area contributed by atoms with E-state index in [0.717, 1.165) is 23.4 Å². The molecule has 0 aliphatic carbocycles. The molecule has 0 bridgehead atoms. The fraction of sp³-hybridized carbons (Fsp3) is 0.364. The van der Waals surface area contributed by atoms with Gasteiger partial charge in [0.15, 0.2) is 11.7 Å². The molecule has 150 valence electrons. The van der Waals surface area contributed by atoms with Gasteiger partial charge in [-0.05, 0) is 37.5 Å². The summed E-state index contributed by atoms with van der Waals surface area (Å²) in [5.74, 6) is 2.05. The number of piperidine rings is 1. The van der Waals surface area contributed by atoms with Gasteiger partial charge in [0.2, 0.25) is 11.9 Å². The van der Waals surface area contributed by atoms with Crippen molar-refractivity contribution in [3.8, 4) is 11.3 Å². The molecule has 3 heterocycles. The summed E-state index contributed by atoms with van der Waals surface area (Å²) in [4.78, 5) is 25.5. The first kappa shape index (κ1) is 19.1. The Morgan fingerprint density at radius 3 is 2.90 bits per heavy atom. The van der Waals surface area contributed by atoms with Crippen molar-refractivity contribution in [3.05, 3.63) is 54.3 Å². The Kier molecular flexibility index (Phi) is 5.29. The summed E-state index contributed by atoms with van der Waals surface area (Å²) in [6, 6.07) is 9.70. The van der Waals surface area contributed by atoms with Crippen LogP contribution in [0.3, 0.4) is 0 Å². The summed E-state index contributed by atoms with van der Waals surface area (Å²) in [6.45, 7) is 6.71. The lowest BCUT2D eigenvalue weighted by molar-refractivity contribution is -0.129. The molecule has 3 aromatic rings. The lowest BCUT2D eigenvalue weighted by Crippen LogP contribution is -2.43. The number of nitrogens with one attached hydrogen (secondary N) is 2. The summed E-state index contributed by atoms with van der Waals surface area (Å²) < 4.78 is 6.11. The van der Waals surface area contributed by atoms with Crippen molar-refractivity contribution in [2.75, 3.05) is 11.9 Å². The Bertz CT molecular complexity index is 1010. The summed E-state index contributed by atoms with van der Waals surface area (Å²) in [5, 5.41) is 6.17. The van der Waals surface area contributed by atoms with Gasteiger partial charge in [0.1, 0.15) is 0 Å². The van der Waals surface area contributed by atoms with E-state index in [1.807, 2.05) is 37.3 Å². The topological polar surface area (TPSA) is 92.9 Å². The van der Waals surface area contributed by atoms with Gasteiger partial charge in [0.05, 0.1) is 12.1 Å². The summed E-state index contributed by atoms with van der Waals surface area (Å²) >= 11 is 0. The maximum Gasteiger partial charge on any atom is 0.227 e. The standard InChI is InChI=1S/C22H25N5O2/c1-13(2)19-17(8-10-23-20(19)28)21-25-12-18(29-21)15-5-4-6-16(11-15)27-22-24-9-7-14(3)26-22/h4-7,9,11-13,17,19H,8,10H2,1-3H3,(H,23,28)(H,24,26,27). The monoisotopic (exact) mass is 391 g/mol. The highest BCUT2D eigenvalue weighted by atomic mass is 16.4. The van der Waals surface area contributed by atoms with Crippen LogP contribution in [0.4, 0.5) is 11.6 Å². The van der Waals surface area contributed by atoms with Crippen LogP contribution < -0.4 is 10.6 Å². The average Bonchev–Trinajstić information content (AvgIpc) is 3.18. The van der Waals surface area contributed by atoms with Crippen LogP contribution in [0, 0.1) is 18.8 Å². The fourth-order valence-electron chi connectivity index (χ4n) is 3.86. The minimum Gasteiger partial charge on any atom is -0.440 e. The first-order valence-corrected chi connectivity index (χ1v) is 9.92. The van der Waals surface area contributed by atoms with Gasteiger partial charge < -0.3 is 15.1 Å². The van der Waals surface area contributed by atoms with E-state index in [1.54, 1.807) is 12.4 Å². The zero-order valence-corrected chi connectivity index (χ0v) is 16.8. The van der Waals surface area contributed by atoms with Crippen LogP contribution >= 0.6 is 0 Å². The molecule has 4 rings (SSSR count). The van der Waals surface area contributed by atoms with E-state index in [4.69, 9.17) is 4.42 Å². The molecule has 29 heavy (non-hydrogen) atoms. The van der Waals surface area contributed by atoms with Gasteiger partial charge in [-0.2, -0.15) is 0 Å². The number of amides is 1. The van der Waals surface area contributed by atoms with Crippen LogP contribution in [0.15, 0.2) is 47.1 Å². The number of carbonyl (C=O) groups excluding carboxylic acids is 1. The average molecular weight is 391 g/mol. The lowest BCUT2D eigenvalue weighted by atomic mass is 9.78. The summed E-state index contributed by atoms with van der Waals surface area (Å²) in [7, 11) is 0. The van der Waals surface area contributed by atoms with Crippen LogP contribution in [0.5, 0.6) is 0 Å². The minimum atomic E-state index is -0.123. The SMILES string of the molecule is Cc1ccnc(Nc2cccc(-c3cnc(C4CCNC(=O)C4C(C)C)o3)c2)n1. The minimum absolute atomic E-state index is 0.000461. The summed E-state index contributed by atoms with van der Waals surface area (Å²) in [5.41, 5.74) is 2.67. The van der Waals surface area contributed by atoms with E-state index in [1.165, 1.54) is 0 Å². The number of hydrogen-bond donors (Lipinski definition) is 2. The van der Waals surface area contributed by atoms with Crippen molar-refractivity contribution in [2.24, 2.45) is 11.8 Å². The van der Waals surface area contributed by atoms with E-state index in [2.05, 4.69) is 39.4 Å². The molecule has 1 aromatic carbocycles. The largest absolute Gasteiger partial charge is 0.440 e. The number of hydrogen-bond acceptors (Lipinski definition) is 6. The quantitative estimate of drug-likeness (QED) is 0.681. The number of rotatable bonds is 5. The van der Waals surface area contributed by atoms with Gasteiger partial charge in [0, 0.05) is 35.6 Å². The van der Waals surface area contributed by atoms with E-state index >= 15 is 0 Å². The van der Waals surface area contributed by atoms with E-state index in [0.29, 0.717) is 24.1 Å². The normalized spacial score (nSPS) is 19.2. The highest BCUT2D eigenvalue weighted by Crippen LogP contribution is 2.36. The van der Waals surface area contributed by atoms with Crippen molar-refractivity contribution in [2.45, 2.75) is 33.1 Å². The second-order valence-electron chi connectivity index (χ2n) is 7.75. The third kappa shape index (κ3) is 4.13. The van der Waals surface area contributed by atoms with Gasteiger partial charge in [-0.1, -0.05) is 26.0 Å². The van der Waals surface area contributed by atoms with Gasteiger partial charge in [0.25, 0.3) is 0 Å². The molecular formula is C22H25N5O2. The van der Waals surface area contributed by atoms with Crippen LogP contribution in [0.2, 0.25) is 0 Å². The Morgan fingerprint density at radius 1 is 1.24 bits per heavy atom. The molecule has 2 atom stereocenters. The molecule has 7 nitrogen and oxygen atoms in total. The maximum absolute atomic E-state index is 12.3. The van der Waals surface area contributed by atoms with Crippen LogP contribution in [-0.2, 0) is 4.79 Å². The molecule has 1 aliphatic rings. The zero-order valence-electron chi connectivity index (χ0n) is 16.8. The third-order valence-electron chi connectivity index (χ3n) is 5.25. The highest BCUT2D eigenvalue weighted by Gasteiger charge is 2.37. The molecule has 1 fully saturated rings. The van der Waals surface area contributed by atoms with Crippen LogP contribution in [0.25, 0.3) is 11.3 Å². The molecule has 0 radical (unpaired) electrons. The molecule has 2 aromatic heterocycles. The number of anilines is 2. The van der Waals surface area contributed by atoms with E-state index in [-0.39, 0.29) is 23.7 Å². The van der Waals surface area contributed by atoms with Gasteiger partial charge in [-0.3, -0.25) is 4.79 Å². The van der Waals surface area contributed by atoms with Crippen molar-refractivity contribution < 1.29 is 9.21 Å². The Morgan fingerprint density at radius 2 is 2.10 bits per heavy atom. The van der Waals surface area contributed by atoms with Crippen molar-refractivity contribution >= 4 is 17.5 Å². The molecule has 7 heteroatoms. The number of aromatic nitrogens is 3. The number of benzene rings is 1. The number of aryl methyl sites for hydroxylation is 1. The van der Waals surface area contributed by atoms with Gasteiger partial charge in [-0.15, -0.1) is 0 Å². The first-order chi connectivity index (χ1) is 14.0. The van der Waals surface area contributed by atoms with E-state index < -0.39 is 0 Å². The van der Waals surface area contributed by atoms with Crippen molar-refractivity contribution in [1.82, 2.24) is 20.3 Å². The van der Waals surface area contributed by atoms with E-state index in [9.17, 15) is 4.79 Å². The van der Waals surface area contributed by atoms with Crippen molar-refractivity contribution in [3.63, 3.8) is 0 Å². The molecule has 2 unspecified atom stereocenters. The highest BCUT2D eigenvalue weighted by molar-refractivity contribution is 5.80. The third-order valence-corrected chi connectivity index (χ3v) is 5.25. The number of carbonyl (C=O) groups is 1. The molecule has 0 spiro atoms. The first-order valence-electron chi connectivity index (χ1n) is 9.92. The van der Waals surface area contributed by atoms with Crippen LogP contribution in [0.1, 0.15) is 37.8 Å². The second kappa shape index (κ2) is 8.03. The van der Waals surface area contributed by atoms with Crippen LogP contribution in [-0.4, -0.2) is 27.4 Å². The maximum atomic E-state index is 12.3. The molecule has 1 aliphatic heterocycles. The molecule has 2 N–H and O–H groups in total.